The van der Waals surface area contributed by atoms with Crippen LogP contribution in [-0.4, -0.2) is 29.8 Å². The molecule has 2 atom stereocenters. The average Bonchev–Trinajstić information content (AvgIpc) is 2.81. The summed E-state index contributed by atoms with van der Waals surface area (Å²) in [6.45, 7) is 2.17. The highest BCUT2D eigenvalue weighted by Gasteiger charge is 2.53. The van der Waals surface area contributed by atoms with Gasteiger partial charge in [0.15, 0.2) is 0 Å². The van der Waals surface area contributed by atoms with Gasteiger partial charge in [0, 0.05) is 12.5 Å². The quantitative estimate of drug-likeness (QED) is 0.698. The zero-order chi connectivity index (χ0) is 20.9. The zero-order valence-electron chi connectivity index (χ0n) is 17.6. The second-order valence-corrected chi connectivity index (χ2v) is 10.2. The summed E-state index contributed by atoms with van der Waals surface area (Å²) < 4.78 is 0. The minimum absolute atomic E-state index is 0.0259. The summed E-state index contributed by atoms with van der Waals surface area (Å²) in [5.74, 6) is 1.97. The van der Waals surface area contributed by atoms with Crippen LogP contribution in [0.2, 0.25) is 0 Å². The number of benzene rings is 1. The minimum Gasteiger partial charge on any atom is -0.353 e. The van der Waals surface area contributed by atoms with Gasteiger partial charge < -0.3 is 16.0 Å². The molecule has 0 spiro atoms. The first-order valence-corrected chi connectivity index (χ1v) is 11.4. The van der Waals surface area contributed by atoms with Crippen molar-refractivity contribution in [1.82, 2.24) is 10.6 Å². The molecule has 0 aromatic heterocycles. The first kappa shape index (κ1) is 19.6. The van der Waals surface area contributed by atoms with Gasteiger partial charge in [0.1, 0.15) is 6.04 Å². The van der Waals surface area contributed by atoms with Crippen molar-refractivity contribution >= 4 is 23.4 Å². The average molecular weight is 410 g/mol. The van der Waals surface area contributed by atoms with Gasteiger partial charge in [0.25, 0.3) is 5.91 Å². The van der Waals surface area contributed by atoms with Gasteiger partial charge in [0.05, 0.1) is 11.3 Å². The fourth-order valence-electron chi connectivity index (χ4n) is 6.96. The Morgan fingerprint density at radius 3 is 2.40 bits per heavy atom. The summed E-state index contributed by atoms with van der Waals surface area (Å²) in [6, 6.07) is 6.42. The lowest BCUT2D eigenvalue weighted by atomic mass is 9.48. The summed E-state index contributed by atoms with van der Waals surface area (Å²) in [5.41, 5.74) is 1.23. The fraction of sp³-hybridized carbons (Fsp3) is 0.625. The van der Waals surface area contributed by atoms with Crippen LogP contribution < -0.4 is 16.0 Å². The fourth-order valence-corrected chi connectivity index (χ4v) is 6.96. The van der Waals surface area contributed by atoms with E-state index in [0.717, 1.165) is 17.8 Å². The van der Waals surface area contributed by atoms with Crippen molar-refractivity contribution in [1.29, 1.82) is 0 Å². The van der Waals surface area contributed by atoms with Crippen molar-refractivity contribution in [3.63, 3.8) is 0 Å². The van der Waals surface area contributed by atoms with E-state index in [0.29, 0.717) is 17.7 Å². The van der Waals surface area contributed by atoms with E-state index in [1.165, 1.54) is 38.5 Å². The van der Waals surface area contributed by atoms with Crippen LogP contribution in [0.15, 0.2) is 24.3 Å². The molecule has 0 radical (unpaired) electrons. The van der Waals surface area contributed by atoms with E-state index >= 15 is 0 Å². The molecule has 160 valence electrons. The number of anilines is 1. The number of amides is 3. The molecule has 0 unspecified atom stereocenters. The summed E-state index contributed by atoms with van der Waals surface area (Å²) in [7, 11) is 0. The van der Waals surface area contributed by atoms with Crippen LogP contribution in [0.5, 0.6) is 0 Å². The van der Waals surface area contributed by atoms with E-state index in [1.807, 2.05) is 0 Å². The minimum atomic E-state index is -0.703. The number of hydrogen-bond donors (Lipinski definition) is 3. The van der Waals surface area contributed by atoms with Crippen LogP contribution in [0.3, 0.4) is 0 Å². The van der Waals surface area contributed by atoms with Crippen LogP contribution >= 0.6 is 0 Å². The molecule has 4 saturated carbocycles. The molecule has 1 aromatic rings. The third-order valence-corrected chi connectivity index (χ3v) is 8.09. The molecule has 4 aliphatic carbocycles. The van der Waals surface area contributed by atoms with Gasteiger partial charge >= 0.3 is 0 Å². The second kappa shape index (κ2) is 7.40. The number of hydrogen-bond acceptors (Lipinski definition) is 3. The van der Waals surface area contributed by atoms with E-state index in [-0.39, 0.29) is 35.6 Å². The Labute approximate surface area is 177 Å². The standard InChI is InChI=1S/C24H31N3O3/c1-14(24-11-15-8-16(12-24)10-17(9-15)13-24)25-21(28)7-6-20-23(30)26-19-5-3-2-4-18(19)22(29)27-20/h2-5,14-17,20H,6-13H2,1H3,(H,25,28)(H,26,30)(H,27,29)/t14-,15?,16?,17?,20+,24?/m0/s1. The lowest BCUT2D eigenvalue weighted by Gasteiger charge is -2.59. The van der Waals surface area contributed by atoms with Crippen LogP contribution in [0.1, 0.15) is 68.6 Å². The molecule has 6 heteroatoms. The van der Waals surface area contributed by atoms with E-state index in [1.54, 1.807) is 24.3 Å². The summed E-state index contributed by atoms with van der Waals surface area (Å²) in [5, 5.41) is 8.83. The molecule has 6 nitrogen and oxygen atoms in total. The number of carbonyl (C=O) groups excluding carboxylic acids is 3. The van der Waals surface area contributed by atoms with Crippen molar-refractivity contribution in [2.24, 2.45) is 23.2 Å². The molecule has 1 heterocycles. The van der Waals surface area contributed by atoms with Gasteiger partial charge in [-0.05, 0) is 87.2 Å². The zero-order valence-corrected chi connectivity index (χ0v) is 17.6. The van der Waals surface area contributed by atoms with E-state index < -0.39 is 6.04 Å². The maximum absolute atomic E-state index is 12.7. The molecule has 6 rings (SSSR count). The maximum atomic E-state index is 12.7. The van der Waals surface area contributed by atoms with Crippen LogP contribution in [0.4, 0.5) is 5.69 Å². The maximum Gasteiger partial charge on any atom is 0.254 e. The summed E-state index contributed by atoms with van der Waals surface area (Å²) in [4.78, 5) is 37.7. The highest BCUT2D eigenvalue weighted by molar-refractivity contribution is 6.09. The van der Waals surface area contributed by atoms with Gasteiger partial charge in [-0.1, -0.05) is 12.1 Å². The second-order valence-electron chi connectivity index (χ2n) is 10.2. The first-order valence-electron chi connectivity index (χ1n) is 11.4. The first-order chi connectivity index (χ1) is 14.4. The van der Waals surface area contributed by atoms with E-state index in [9.17, 15) is 14.4 Å². The van der Waals surface area contributed by atoms with Gasteiger partial charge in [-0.25, -0.2) is 0 Å². The molecule has 5 aliphatic rings. The molecule has 3 amide bonds. The molecule has 3 N–H and O–H groups in total. The molecule has 4 fully saturated rings. The largest absolute Gasteiger partial charge is 0.353 e. The third kappa shape index (κ3) is 3.50. The van der Waals surface area contributed by atoms with Gasteiger partial charge in [0.2, 0.25) is 11.8 Å². The Morgan fingerprint density at radius 1 is 1.10 bits per heavy atom. The number of carbonyl (C=O) groups is 3. The number of rotatable bonds is 5. The van der Waals surface area contributed by atoms with Crippen LogP contribution in [0, 0.1) is 23.2 Å². The summed E-state index contributed by atoms with van der Waals surface area (Å²) >= 11 is 0. The molecule has 0 saturated heterocycles. The lowest BCUT2D eigenvalue weighted by molar-refractivity contribution is -0.126. The number of nitrogens with one attached hydrogen (secondary N) is 3. The molecule has 1 aliphatic heterocycles. The van der Waals surface area contributed by atoms with Gasteiger partial charge in [-0.2, -0.15) is 0 Å². The van der Waals surface area contributed by atoms with Gasteiger partial charge in [-0.15, -0.1) is 0 Å². The SMILES string of the molecule is C[C@H](NC(=O)CC[C@H]1NC(=O)c2ccccc2NC1=O)C12CC3CC(CC(C3)C1)C2. The molecular weight excluding hydrogens is 378 g/mol. The van der Waals surface area contributed by atoms with E-state index in [2.05, 4.69) is 22.9 Å². The Balaban J connectivity index is 1.18. The van der Waals surface area contributed by atoms with Crippen LogP contribution in [-0.2, 0) is 9.59 Å². The Kier molecular flexibility index (Phi) is 4.83. The molecule has 4 bridgehead atoms. The normalized spacial score (nSPS) is 35.1. The number of para-hydroxylation sites is 1. The van der Waals surface area contributed by atoms with E-state index in [4.69, 9.17) is 0 Å². The molecule has 30 heavy (non-hydrogen) atoms. The number of fused-ring (bicyclic) bond motifs is 1. The monoisotopic (exact) mass is 409 g/mol. The molecule has 1 aromatic carbocycles. The van der Waals surface area contributed by atoms with Crippen molar-refractivity contribution in [3.05, 3.63) is 29.8 Å². The van der Waals surface area contributed by atoms with Crippen molar-refractivity contribution in [2.75, 3.05) is 5.32 Å². The third-order valence-electron chi connectivity index (χ3n) is 8.09. The Morgan fingerprint density at radius 2 is 1.73 bits per heavy atom. The highest BCUT2D eigenvalue weighted by atomic mass is 16.2. The smallest absolute Gasteiger partial charge is 0.254 e. The van der Waals surface area contributed by atoms with Crippen molar-refractivity contribution in [3.8, 4) is 0 Å². The van der Waals surface area contributed by atoms with Crippen molar-refractivity contribution < 1.29 is 14.4 Å². The Hall–Kier alpha value is -2.37. The van der Waals surface area contributed by atoms with Crippen LogP contribution in [0.25, 0.3) is 0 Å². The highest BCUT2D eigenvalue weighted by Crippen LogP contribution is 2.61. The van der Waals surface area contributed by atoms with Crippen molar-refractivity contribution in [2.45, 2.75) is 70.4 Å². The Bertz CT molecular complexity index is 845. The summed E-state index contributed by atoms with van der Waals surface area (Å²) in [6.07, 6.45) is 8.44. The molecular formula is C24H31N3O3. The predicted octanol–water partition coefficient (Wildman–Crippen LogP) is 3.24. The predicted molar refractivity (Wildman–Crippen MR) is 114 cm³/mol. The lowest BCUT2D eigenvalue weighted by Crippen LogP contribution is -2.56. The topological polar surface area (TPSA) is 87.3 Å². The van der Waals surface area contributed by atoms with Gasteiger partial charge in [-0.3, -0.25) is 14.4 Å².